The minimum Gasteiger partial charge on any atom is -0.488 e. The van der Waals surface area contributed by atoms with Crippen molar-refractivity contribution in [3.05, 3.63) is 57.6 Å². The molecule has 0 amide bonds. The standard InChI is InChI=1S/C17H18BrNO3S/c1-11-6-7-16(14(18)8-11)22-10-13-12(9-20)4-3-5-15(13)19-17(23)21-2/h3-8,20H,9-10H2,1-2H3,(H,19,23). The summed E-state index contributed by atoms with van der Waals surface area (Å²) in [6.07, 6.45) is 0. The van der Waals surface area contributed by atoms with Crippen molar-refractivity contribution < 1.29 is 14.6 Å². The van der Waals surface area contributed by atoms with Crippen LogP contribution in [0.4, 0.5) is 5.69 Å². The smallest absolute Gasteiger partial charge is 0.260 e. The Kier molecular flexibility index (Phi) is 6.38. The van der Waals surface area contributed by atoms with Crippen molar-refractivity contribution in [2.75, 3.05) is 12.4 Å². The third kappa shape index (κ3) is 4.67. The molecule has 2 aromatic rings. The van der Waals surface area contributed by atoms with Gasteiger partial charge in [0.15, 0.2) is 0 Å². The number of hydrogen-bond donors (Lipinski definition) is 2. The fourth-order valence-electron chi connectivity index (χ4n) is 2.10. The molecule has 0 aliphatic carbocycles. The molecular weight excluding hydrogens is 378 g/mol. The number of ether oxygens (including phenoxy) is 2. The van der Waals surface area contributed by atoms with E-state index in [2.05, 4.69) is 21.2 Å². The van der Waals surface area contributed by atoms with E-state index in [4.69, 9.17) is 21.7 Å². The van der Waals surface area contributed by atoms with Gasteiger partial charge in [-0.05, 0) is 64.4 Å². The van der Waals surface area contributed by atoms with E-state index in [-0.39, 0.29) is 11.8 Å². The maximum absolute atomic E-state index is 9.57. The van der Waals surface area contributed by atoms with Crippen molar-refractivity contribution in [1.82, 2.24) is 0 Å². The SMILES string of the molecule is COC(=S)Nc1cccc(CO)c1COc1ccc(C)cc1Br. The summed E-state index contributed by atoms with van der Waals surface area (Å²) >= 11 is 8.54. The first-order valence-corrected chi connectivity index (χ1v) is 8.20. The molecule has 2 aromatic carbocycles. The van der Waals surface area contributed by atoms with Gasteiger partial charge in [-0.2, -0.15) is 0 Å². The minimum atomic E-state index is -0.0803. The van der Waals surface area contributed by atoms with Gasteiger partial charge in [-0.3, -0.25) is 0 Å². The van der Waals surface area contributed by atoms with Gasteiger partial charge in [-0.15, -0.1) is 0 Å². The molecule has 0 fully saturated rings. The zero-order valence-electron chi connectivity index (χ0n) is 12.9. The Bertz CT molecular complexity index is 706. The molecule has 0 aliphatic rings. The van der Waals surface area contributed by atoms with Crippen LogP contribution in [0.1, 0.15) is 16.7 Å². The lowest BCUT2D eigenvalue weighted by Crippen LogP contribution is -2.14. The molecule has 0 bridgehead atoms. The first-order valence-electron chi connectivity index (χ1n) is 7.00. The van der Waals surface area contributed by atoms with Gasteiger partial charge in [-0.1, -0.05) is 18.2 Å². The molecule has 0 saturated carbocycles. The molecule has 2 rings (SSSR count). The highest BCUT2D eigenvalue weighted by Crippen LogP contribution is 2.28. The number of hydrogen-bond acceptors (Lipinski definition) is 4. The lowest BCUT2D eigenvalue weighted by atomic mass is 10.1. The van der Waals surface area contributed by atoms with E-state index in [1.165, 1.54) is 7.11 Å². The summed E-state index contributed by atoms with van der Waals surface area (Å²) in [7, 11) is 1.50. The number of anilines is 1. The van der Waals surface area contributed by atoms with Crippen molar-refractivity contribution >= 4 is 39.0 Å². The van der Waals surface area contributed by atoms with Crippen LogP contribution in [-0.2, 0) is 18.0 Å². The highest BCUT2D eigenvalue weighted by molar-refractivity contribution is 9.10. The van der Waals surface area contributed by atoms with Gasteiger partial charge in [0.05, 0.1) is 18.2 Å². The zero-order valence-corrected chi connectivity index (χ0v) is 15.3. The minimum absolute atomic E-state index is 0.0803. The molecule has 0 aliphatic heterocycles. The molecule has 0 unspecified atom stereocenters. The third-order valence-corrected chi connectivity index (χ3v) is 4.21. The number of nitrogens with one attached hydrogen (secondary N) is 1. The van der Waals surface area contributed by atoms with E-state index < -0.39 is 0 Å². The molecule has 23 heavy (non-hydrogen) atoms. The van der Waals surface area contributed by atoms with E-state index in [9.17, 15) is 5.11 Å². The van der Waals surface area contributed by atoms with Crippen LogP contribution in [-0.4, -0.2) is 17.4 Å². The Hall–Kier alpha value is -1.63. The van der Waals surface area contributed by atoms with Gasteiger partial charge in [0, 0.05) is 11.3 Å². The normalized spacial score (nSPS) is 10.3. The first-order chi connectivity index (χ1) is 11.0. The maximum atomic E-state index is 9.57. The summed E-state index contributed by atoms with van der Waals surface area (Å²) in [5.41, 5.74) is 3.51. The van der Waals surface area contributed by atoms with E-state index >= 15 is 0 Å². The molecule has 2 N–H and O–H groups in total. The van der Waals surface area contributed by atoms with E-state index in [0.717, 1.165) is 32.6 Å². The van der Waals surface area contributed by atoms with Gasteiger partial charge in [-0.25, -0.2) is 0 Å². The summed E-state index contributed by atoms with van der Waals surface area (Å²) in [6, 6.07) is 11.5. The Balaban J connectivity index is 2.24. The van der Waals surface area contributed by atoms with Gasteiger partial charge < -0.3 is 19.9 Å². The molecule has 0 radical (unpaired) electrons. The fourth-order valence-corrected chi connectivity index (χ4v) is 2.82. The third-order valence-electron chi connectivity index (χ3n) is 3.32. The quantitative estimate of drug-likeness (QED) is 0.743. The Morgan fingerprint density at radius 1 is 1.30 bits per heavy atom. The number of methoxy groups -OCH3 is 1. The predicted octanol–water partition coefficient (Wildman–Crippen LogP) is 4.17. The maximum Gasteiger partial charge on any atom is 0.260 e. The highest BCUT2D eigenvalue weighted by atomic mass is 79.9. The molecule has 0 atom stereocenters. The zero-order chi connectivity index (χ0) is 16.8. The molecule has 122 valence electrons. The Labute approximate surface area is 149 Å². The summed E-state index contributed by atoms with van der Waals surface area (Å²) in [5, 5.41) is 12.8. The number of benzene rings is 2. The lowest BCUT2D eigenvalue weighted by Gasteiger charge is -2.16. The number of aryl methyl sites for hydroxylation is 1. The summed E-state index contributed by atoms with van der Waals surface area (Å²) < 4.78 is 11.8. The number of thiocarbonyl (C=S) groups is 1. The first kappa shape index (κ1) is 17.7. The van der Waals surface area contributed by atoms with Crippen molar-refractivity contribution in [2.45, 2.75) is 20.1 Å². The van der Waals surface area contributed by atoms with E-state index in [0.29, 0.717) is 6.61 Å². The second kappa shape index (κ2) is 8.29. The second-order valence-corrected chi connectivity index (χ2v) is 6.17. The average Bonchev–Trinajstić information content (AvgIpc) is 2.54. The van der Waals surface area contributed by atoms with Crippen LogP contribution in [0, 0.1) is 6.92 Å². The monoisotopic (exact) mass is 395 g/mol. The number of aliphatic hydroxyl groups is 1. The van der Waals surface area contributed by atoms with Crippen LogP contribution >= 0.6 is 28.1 Å². The average molecular weight is 396 g/mol. The fraction of sp³-hybridized carbons (Fsp3) is 0.235. The van der Waals surface area contributed by atoms with Crippen LogP contribution in [0.15, 0.2) is 40.9 Å². The van der Waals surface area contributed by atoms with Crippen molar-refractivity contribution in [2.24, 2.45) is 0 Å². The number of halogens is 1. The van der Waals surface area contributed by atoms with Crippen molar-refractivity contribution in [3.8, 4) is 5.75 Å². The van der Waals surface area contributed by atoms with E-state index in [1.807, 2.05) is 43.3 Å². The van der Waals surface area contributed by atoms with Crippen molar-refractivity contribution in [1.29, 1.82) is 0 Å². The van der Waals surface area contributed by atoms with Gasteiger partial charge in [0.2, 0.25) is 0 Å². The van der Waals surface area contributed by atoms with Crippen LogP contribution < -0.4 is 10.1 Å². The molecule has 4 nitrogen and oxygen atoms in total. The second-order valence-electron chi connectivity index (χ2n) is 4.94. The van der Waals surface area contributed by atoms with Crippen LogP contribution in [0.3, 0.4) is 0 Å². The van der Waals surface area contributed by atoms with Gasteiger partial charge in [0.25, 0.3) is 5.17 Å². The number of rotatable bonds is 5. The van der Waals surface area contributed by atoms with E-state index in [1.54, 1.807) is 0 Å². The number of aliphatic hydroxyl groups excluding tert-OH is 1. The topological polar surface area (TPSA) is 50.7 Å². The highest BCUT2D eigenvalue weighted by Gasteiger charge is 2.11. The summed E-state index contributed by atoms with van der Waals surface area (Å²) in [5.74, 6) is 0.739. The van der Waals surface area contributed by atoms with Crippen LogP contribution in [0.2, 0.25) is 0 Å². The van der Waals surface area contributed by atoms with Gasteiger partial charge in [0.1, 0.15) is 12.4 Å². The Morgan fingerprint density at radius 2 is 2.09 bits per heavy atom. The lowest BCUT2D eigenvalue weighted by molar-refractivity contribution is 0.269. The van der Waals surface area contributed by atoms with Gasteiger partial charge >= 0.3 is 0 Å². The molecule has 0 heterocycles. The molecule has 0 aromatic heterocycles. The molecule has 0 spiro atoms. The van der Waals surface area contributed by atoms with Crippen LogP contribution in [0.25, 0.3) is 0 Å². The Morgan fingerprint density at radius 3 is 2.74 bits per heavy atom. The van der Waals surface area contributed by atoms with Crippen molar-refractivity contribution in [3.63, 3.8) is 0 Å². The molecular formula is C17H18BrNO3S. The predicted molar refractivity (Wildman–Crippen MR) is 98.8 cm³/mol. The summed E-state index contributed by atoms with van der Waals surface area (Å²) in [6.45, 7) is 2.24. The summed E-state index contributed by atoms with van der Waals surface area (Å²) in [4.78, 5) is 0. The molecule has 6 heteroatoms. The largest absolute Gasteiger partial charge is 0.488 e. The molecule has 0 saturated heterocycles. The van der Waals surface area contributed by atoms with Crippen LogP contribution in [0.5, 0.6) is 5.75 Å².